The molecular weight excluding hydrogens is 283 g/mol. The minimum atomic E-state index is -3.73. The van der Waals surface area contributed by atoms with Crippen LogP contribution in [0.1, 0.15) is 12.8 Å². The SMILES string of the molecule is CS(=O)(=O)C(OC[C@@H]1CC[C@H](NC=N)O1)[PH](=O)O. The first-order valence-corrected chi connectivity index (χ1v) is 8.67. The zero-order chi connectivity index (χ0) is 13.8. The van der Waals surface area contributed by atoms with Crippen LogP contribution in [0.5, 0.6) is 0 Å². The molecule has 0 aromatic heterocycles. The van der Waals surface area contributed by atoms with Gasteiger partial charge in [-0.2, -0.15) is 0 Å². The molecule has 0 amide bonds. The summed E-state index contributed by atoms with van der Waals surface area (Å²) in [7, 11) is -7.04. The van der Waals surface area contributed by atoms with Gasteiger partial charge in [0.15, 0.2) is 9.84 Å². The van der Waals surface area contributed by atoms with Gasteiger partial charge in [0.05, 0.1) is 19.0 Å². The van der Waals surface area contributed by atoms with E-state index in [1.807, 2.05) is 0 Å². The number of hydrogen-bond acceptors (Lipinski definition) is 6. The summed E-state index contributed by atoms with van der Waals surface area (Å²) in [6, 6.07) is 0. The van der Waals surface area contributed by atoms with Gasteiger partial charge in [-0.15, -0.1) is 0 Å². The fraction of sp³-hybridized carbons (Fsp3) is 0.875. The van der Waals surface area contributed by atoms with Crippen LogP contribution in [0.25, 0.3) is 0 Å². The van der Waals surface area contributed by atoms with Crippen LogP contribution in [-0.2, 0) is 23.9 Å². The predicted molar refractivity (Wildman–Crippen MR) is 65.6 cm³/mol. The molecule has 1 rings (SSSR count). The van der Waals surface area contributed by atoms with Crippen molar-refractivity contribution in [2.24, 2.45) is 0 Å². The normalized spacial score (nSPS) is 27.7. The van der Waals surface area contributed by atoms with Gasteiger partial charge in [-0.25, -0.2) is 8.42 Å². The molecule has 1 heterocycles. The Labute approximate surface area is 106 Å². The van der Waals surface area contributed by atoms with Crippen molar-refractivity contribution in [2.45, 2.75) is 30.4 Å². The first kappa shape index (κ1) is 15.6. The maximum atomic E-state index is 11.2. The first-order valence-electron chi connectivity index (χ1n) is 5.28. The van der Waals surface area contributed by atoms with E-state index >= 15 is 0 Å². The molecule has 0 saturated carbocycles. The van der Waals surface area contributed by atoms with E-state index in [9.17, 15) is 13.0 Å². The van der Waals surface area contributed by atoms with Crippen molar-refractivity contribution in [1.82, 2.24) is 5.32 Å². The van der Waals surface area contributed by atoms with Crippen LogP contribution < -0.4 is 5.32 Å². The highest BCUT2D eigenvalue weighted by Gasteiger charge is 2.30. The molecule has 0 bridgehead atoms. The molecule has 4 atom stereocenters. The van der Waals surface area contributed by atoms with E-state index < -0.39 is 23.0 Å². The summed E-state index contributed by atoms with van der Waals surface area (Å²) in [4.78, 5) is 8.92. The summed E-state index contributed by atoms with van der Waals surface area (Å²) >= 11 is 0. The Balaban J connectivity index is 2.45. The lowest BCUT2D eigenvalue weighted by Crippen LogP contribution is -2.30. The van der Waals surface area contributed by atoms with E-state index in [0.717, 1.165) is 12.6 Å². The third-order valence-electron chi connectivity index (χ3n) is 2.40. The largest absolute Gasteiger partial charge is 0.353 e. The predicted octanol–water partition coefficient (Wildman–Crippen LogP) is -0.500. The second-order valence-electron chi connectivity index (χ2n) is 3.97. The summed E-state index contributed by atoms with van der Waals surface area (Å²) in [5, 5.41) is 7.82. The summed E-state index contributed by atoms with van der Waals surface area (Å²) in [5.41, 5.74) is 0. The van der Waals surface area contributed by atoms with Gasteiger partial charge in [0.1, 0.15) is 6.23 Å². The zero-order valence-corrected chi connectivity index (χ0v) is 11.6. The summed E-state index contributed by atoms with van der Waals surface area (Å²) in [6.45, 7) is -0.0646. The molecule has 106 valence electrons. The molecule has 1 saturated heterocycles. The minimum absolute atomic E-state index is 0.0646. The van der Waals surface area contributed by atoms with Crippen molar-refractivity contribution in [3.8, 4) is 0 Å². The quantitative estimate of drug-likeness (QED) is 0.329. The second kappa shape index (κ2) is 6.63. The molecule has 3 N–H and O–H groups in total. The lowest BCUT2D eigenvalue weighted by atomic mass is 10.2. The van der Waals surface area contributed by atoms with E-state index in [0.29, 0.717) is 12.8 Å². The van der Waals surface area contributed by atoms with Crippen LogP contribution in [0.2, 0.25) is 0 Å². The van der Waals surface area contributed by atoms with Crippen molar-refractivity contribution >= 4 is 24.2 Å². The molecule has 0 radical (unpaired) electrons. The smallest absolute Gasteiger partial charge is 0.232 e. The van der Waals surface area contributed by atoms with Gasteiger partial charge in [-0.05, 0) is 12.8 Å². The van der Waals surface area contributed by atoms with Crippen molar-refractivity contribution < 1.29 is 27.3 Å². The van der Waals surface area contributed by atoms with E-state index in [-0.39, 0.29) is 18.9 Å². The van der Waals surface area contributed by atoms with Crippen molar-refractivity contribution in [1.29, 1.82) is 5.41 Å². The molecule has 0 aromatic rings. The van der Waals surface area contributed by atoms with Gasteiger partial charge < -0.3 is 19.7 Å². The Morgan fingerprint density at radius 2 is 2.33 bits per heavy atom. The molecule has 1 aliphatic heterocycles. The number of rotatable bonds is 7. The fourth-order valence-corrected chi connectivity index (χ4v) is 3.65. The van der Waals surface area contributed by atoms with Crippen LogP contribution in [0.4, 0.5) is 0 Å². The number of nitrogens with one attached hydrogen (secondary N) is 2. The average Bonchev–Trinajstić information content (AvgIpc) is 2.64. The highest BCUT2D eigenvalue weighted by Crippen LogP contribution is 2.29. The van der Waals surface area contributed by atoms with Crippen LogP contribution in [-0.4, -0.2) is 50.0 Å². The zero-order valence-electron chi connectivity index (χ0n) is 9.83. The summed E-state index contributed by atoms with van der Waals surface area (Å²) in [5.74, 6) is 0. The summed E-state index contributed by atoms with van der Waals surface area (Å²) in [6.07, 6.45) is 2.53. The van der Waals surface area contributed by atoms with Gasteiger partial charge in [-0.3, -0.25) is 9.97 Å². The molecule has 8 nitrogen and oxygen atoms in total. The maximum absolute atomic E-state index is 11.2. The standard InChI is InChI=1S/C8H17N2O6PS/c1-18(13,14)8(17(11)12)15-4-6-2-3-7(16-6)10-5-9/h5-8,17H,2-4H2,1H3,(H2,9,10)(H,11,12)/t6-,7+,8?/m0/s1. The third-order valence-corrected chi connectivity index (χ3v) is 5.77. The van der Waals surface area contributed by atoms with Gasteiger partial charge in [0, 0.05) is 6.26 Å². The lowest BCUT2D eigenvalue weighted by Gasteiger charge is -2.17. The number of ether oxygens (including phenoxy) is 2. The van der Waals surface area contributed by atoms with E-state index in [1.54, 1.807) is 0 Å². The molecule has 10 heteroatoms. The van der Waals surface area contributed by atoms with Crippen LogP contribution in [0.15, 0.2) is 0 Å². The number of sulfone groups is 1. The van der Waals surface area contributed by atoms with Crippen molar-refractivity contribution in [3.05, 3.63) is 0 Å². The lowest BCUT2D eigenvalue weighted by molar-refractivity contribution is -0.0160. The molecule has 1 fully saturated rings. The molecule has 18 heavy (non-hydrogen) atoms. The Kier molecular flexibility index (Phi) is 5.74. The molecule has 2 unspecified atom stereocenters. The highest BCUT2D eigenvalue weighted by atomic mass is 32.2. The van der Waals surface area contributed by atoms with Gasteiger partial charge in [0.25, 0.3) is 0 Å². The van der Waals surface area contributed by atoms with Crippen LogP contribution in [0, 0.1) is 5.41 Å². The fourth-order valence-electron chi connectivity index (χ4n) is 1.62. The minimum Gasteiger partial charge on any atom is -0.353 e. The molecule has 0 aliphatic carbocycles. The van der Waals surface area contributed by atoms with Gasteiger partial charge in [0.2, 0.25) is 13.2 Å². The van der Waals surface area contributed by atoms with Crippen LogP contribution >= 0.6 is 8.03 Å². The monoisotopic (exact) mass is 300 g/mol. The van der Waals surface area contributed by atoms with Crippen LogP contribution in [0.3, 0.4) is 0 Å². The Morgan fingerprint density at radius 1 is 1.67 bits per heavy atom. The molecule has 0 spiro atoms. The average molecular weight is 300 g/mol. The van der Waals surface area contributed by atoms with E-state index in [4.69, 9.17) is 19.8 Å². The topological polar surface area (TPSA) is 126 Å². The molecule has 1 aliphatic rings. The Bertz CT molecular complexity index is 414. The third kappa shape index (κ3) is 4.66. The van der Waals surface area contributed by atoms with Crippen molar-refractivity contribution in [2.75, 3.05) is 12.9 Å². The first-order chi connectivity index (χ1) is 8.34. The van der Waals surface area contributed by atoms with E-state index in [1.165, 1.54) is 0 Å². The maximum Gasteiger partial charge on any atom is 0.232 e. The molecular formula is C8H17N2O6PS. The Hall–Kier alpha value is -0.470. The second-order valence-corrected chi connectivity index (χ2v) is 7.67. The Morgan fingerprint density at radius 3 is 2.83 bits per heavy atom. The molecule has 0 aromatic carbocycles. The highest BCUT2D eigenvalue weighted by molar-refractivity contribution is 7.96. The summed E-state index contributed by atoms with van der Waals surface area (Å²) < 4.78 is 43.7. The number of hydrogen-bond donors (Lipinski definition) is 3. The van der Waals surface area contributed by atoms with Gasteiger partial charge >= 0.3 is 0 Å². The van der Waals surface area contributed by atoms with E-state index in [2.05, 4.69) is 5.32 Å². The van der Waals surface area contributed by atoms with Gasteiger partial charge in [-0.1, -0.05) is 0 Å². The van der Waals surface area contributed by atoms with Crippen molar-refractivity contribution in [3.63, 3.8) is 0 Å².